The van der Waals surface area contributed by atoms with Crippen LogP contribution in [-0.2, 0) is 37.4 Å². The monoisotopic (exact) mass is 1410 g/mol. The van der Waals surface area contributed by atoms with Gasteiger partial charge in [-0.15, -0.1) is 0 Å². The van der Waals surface area contributed by atoms with Gasteiger partial charge in [0.05, 0.1) is 35.0 Å². The molecule has 12 aromatic carbocycles. The van der Waals surface area contributed by atoms with Gasteiger partial charge in [-0.25, -0.2) is 19.2 Å². The summed E-state index contributed by atoms with van der Waals surface area (Å²) in [7, 11) is 0. The summed E-state index contributed by atoms with van der Waals surface area (Å²) in [5.74, 6) is -21.3. The number of carbonyl (C=O) groups excluding carboxylic acids is 2. The van der Waals surface area contributed by atoms with Gasteiger partial charge in [0.25, 0.3) is 0 Å². The molecule has 0 aromatic heterocycles. The molecule has 524 valence electrons. The second-order valence-electron chi connectivity index (χ2n) is 25.6. The molecule has 0 bridgehead atoms. The van der Waals surface area contributed by atoms with Crippen molar-refractivity contribution >= 4 is 23.9 Å². The first-order chi connectivity index (χ1) is 51.6. The molecule has 0 amide bonds. The minimum atomic E-state index is -2.01. The summed E-state index contributed by atoms with van der Waals surface area (Å²) in [5.41, 5.74) is 0.555. The van der Waals surface area contributed by atoms with Crippen LogP contribution in [0.3, 0.4) is 0 Å². The molecule has 1 saturated heterocycles. The van der Waals surface area contributed by atoms with E-state index in [2.05, 4.69) is 0 Å². The molecule has 5 aliphatic heterocycles. The number of hydrogen-bond acceptors (Lipinski definition) is 19. The van der Waals surface area contributed by atoms with Crippen LogP contribution in [0.5, 0.6) is 69.0 Å². The lowest BCUT2D eigenvalue weighted by Crippen LogP contribution is -2.37. The number of hydrogen-bond donors (Lipinski definition) is 6. The molecule has 17 rings (SSSR count). The van der Waals surface area contributed by atoms with Crippen LogP contribution in [0.4, 0.5) is 0 Å². The summed E-state index contributed by atoms with van der Waals surface area (Å²) >= 11 is 0. The number of aromatic hydroxyl groups is 4. The number of fused-ring (bicyclic) bond motifs is 4. The Hall–Kier alpha value is -13.9. The van der Waals surface area contributed by atoms with E-state index in [-0.39, 0.29) is 68.2 Å². The van der Waals surface area contributed by atoms with Crippen molar-refractivity contribution in [2.45, 2.75) is 41.1 Å². The molecule has 5 heterocycles. The highest BCUT2D eigenvalue weighted by Crippen LogP contribution is 2.67. The molecule has 0 radical (unpaired) electrons. The van der Waals surface area contributed by atoms with Gasteiger partial charge in [-0.1, -0.05) is 243 Å². The summed E-state index contributed by atoms with van der Waals surface area (Å²) in [6.07, 6.45) is -1.84. The van der Waals surface area contributed by atoms with Crippen molar-refractivity contribution in [1.82, 2.24) is 0 Å². The predicted octanol–water partition coefficient (Wildman–Crippen LogP) is 15.2. The maximum Gasteiger partial charge on any atom is 0.341 e. The smallest absolute Gasteiger partial charge is 0.341 e. The fourth-order valence-electron chi connectivity index (χ4n) is 14.8. The van der Waals surface area contributed by atoms with Gasteiger partial charge < -0.3 is 82.7 Å². The highest BCUT2D eigenvalue weighted by Gasteiger charge is 2.59. The number of carbonyl (C=O) groups is 4. The Morgan fingerprint density at radius 3 is 0.991 bits per heavy atom. The standard InChI is InChI=1S/C85H58O21/c86-61-41-48(42-65-70(61)100-82(99-65,49-25-9-1-10-26-49)50-27-11-2-12-28-50)80(94)97-47-98-81(95)59-45-64(89)73-77(106-85(103-73,55-37-21-7-22-38-55)56-39-23-8-24-40-56)69(59)74-68(67-58(79(92)93)44-63(88)72-76(67)105-84(102-72,53-33-17-5-18-34-53)54-35-19-6-20-36-54)60(46-96-74)66-57(78(90)91)43-62(87)71-75(66)104-83(101-71,51-29-13-3-14-30-51)52-31-15-4-16-32-52/h1-45,60,68,74,86-89H,46-47H2,(H,90,91)(H,92,93)/t60-,68+,74-/m0/s1. The molecule has 106 heavy (non-hydrogen) atoms. The van der Waals surface area contributed by atoms with Crippen LogP contribution in [0.1, 0.15) is 121 Å². The van der Waals surface area contributed by atoms with Gasteiger partial charge in [0.1, 0.15) is 0 Å². The summed E-state index contributed by atoms with van der Waals surface area (Å²) in [4.78, 5) is 59.0. The van der Waals surface area contributed by atoms with E-state index in [0.717, 1.165) is 24.3 Å². The first-order valence-corrected chi connectivity index (χ1v) is 33.5. The molecule has 0 saturated carbocycles. The third kappa shape index (κ3) is 10.5. The molecule has 0 unspecified atom stereocenters. The zero-order valence-corrected chi connectivity index (χ0v) is 55.4. The zero-order valence-electron chi connectivity index (χ0n) is 55.4. The summed E-state index contributed by atoms with van der Waals surface area (Å²) in [6.45, 7) is -1.75. The maximum absolute atomic E-state index is 15.8. The van der Waals surface area contributed by atoms with Crippen molar-refractivity contribution in [3.8, 4) is 69.0 Å². The van der Waals surface area contributed by atoms with Gasteiger partial charge in [0.15, 0.2) is 46.0 Å². The highest BCUT2D eigenvalue weighted by atomic mass is 16.8. The molecular weight excluding hydrogens is 1360 g/mol. The molecular formula is C85H58O21. The highest BCUT2D eigenvalue weighted by molar-refractivity contribution is 5.97. The first kappa shape index (κ1) is 65.4. The van der Waals surface area contributed by atoms with Crippen molar-refractivity contribution in [1.29, 1.82) is 0 Å². The van der Waals surface area contributed by atoms with Gasteiger partial charge in [-0.05, 0) is 30.3 Å². The largest absolute Gasteiger partial charge is 0.504 e. The predicted molar refractivity (Wildman–Crippen MR) is 376 cm³/mol. The first-order valence-electron chi connectivity index (χ1n) is 33.5. The van der Waals surface area contributed by atoms with E-state index in [0.29, 0.717) is 44.5 Å². The fraction of sp³-hybridized carbons (Fsp3) is 0.106. The summed E-state index contributed by atoms with van der Waals surface area (Å²) in [5, 5.41) is 72.2. The topological polar surface area (TPSA) is 291 Å². The number of benzene rings is 12. The Morgan fingerprint density at radius 1 is 0.330 bits per heavy atom. The average molecular weight is 1420 g/mol. The Labute approximate surface area is 602 Å². The number of ether oxygens (including phenoxy) is 11. The van der Waals surface area contributed by atoms with Crippen LogP contribution in [0.2, 0.25) is 0 Å². The second kappa shape index (κ2) is 25.5. The van der Waals surface area contributed by atoms with Crippen LogP contribution >= 0.6 is 0 Å². The number of phenols is 4. The Balaban J connectivity index is 0.850. The molecule has 21 heteroatoms. The lowest BCUT2D eigenvalue weighted by atomic mass is 9.74. The minimum absolute atomic E-state index is 0.0322. The Morgan fingerprint density at radius 2 is 0.623 bits per heavy atom. The lowest BCUT2D eigenvalue weighted by Gasteiger charge is -2.31. The Bertz CT molecular complexity index is 5300. The SMILES string of the molecule is O=C(OCOC(=O)c1cc(O)c2c(c1[C@H]1OC[C@@H](c3c(C(=O)O)cc(O)c4c3OC(c3ccccc3)(c3ccccc3)O4)[C@@H]1c1c(C(=O)O)cc(O)c3c1OC(c1ccccc1)(c1ccccc1)O3)OC(c1ccccc1)(c1ccccc1)O2)c1cc(O)c2c(c1)OC(c1ccccc1)(c1ccccc1)O2. The van der Waals surface area contributed by atoms with Crippen LogP contribution in [0, 0.1) is 0 Å². The molecule has 1 fully saturated rings. The minimum Gasteiger partial charge on any atom is -0.504 e. The molecule has 21 nitrogen and oxygen atoms in total. The number of carboxylic acid groups (broad SMARTS) is 2. The van der Waals surface area contributed by atoms with Crippen molar-refractivity contribution in [2.75, 3.05) is 13.4 Å². The van der Waals surface area contributed by atoms with E-state index in [9.17, 15) is 45.0 Å². The molecule has 0 spiro atoms. The van der Waals surface area contributed by atoms with E-state index in [1.165, 1.54) is 6.07 Å². The van der Waals surface area contributed by atoms with Gasteiger partial charge in [0.2, 0.25) is 29.8 Å². The molecule has 12 aromatic rings. The summed E-state index contributed by atoms with van der Waals surface area (Å²) in [6, 6.07) is 75.2. The quantitative estimate of drug-likeness (QED) is 0.0365. The van der Waals surface area contributed by atoms with E-state index in [4.69, 9.17) is 52.1 Å². The van der Waals surface area contributed by atoms with Gasteiger partial charge in [-0.2, -0.15) is 0 Å². The van der Waals surface area contributed by atoms with Crippen LogP contribution in [0.15, 0.2) is 273 Å². The molecule has 5 aliphatic rings. The van der Waals surface area contributed by atoms with Crippen molar-refractivity contribution in [3.05, 3.63) is 356 Å². The zero-order chi connectivity index (χ0) is 72.6. The van der Waals surface area contributed by atoms with E-state index >= 15 is 4.79 Å². The van der Waals surface area contributed by atoms with Crippen molar-refractivity contribution in [3.63, 3.8) is 0 Å². The van der Waals surface area contributed by atoms with Crippen molar-refractivity contribution < 1.29 is 102 Å². The number of rotatable bonds is 17. The van der Waals surface area contributed by atoms with Crippen LogP contribution < -0.4 is 37.9 Å². The Kier molecular flexibility index (Phi) is 15.8. The number of phenolic OH excluding ortho intramolecular Hbond substituents is 4. The van der Waals surface area contributed by atoms with E-state index in [1.54, 1.807) is 231 Å². The summed E-state index contributed by atoms with van der Waals surface area (Å²) < 4.78 is 74.2. The lowest BCUT2D eigenvalue weighted by molar-refractivity contribution is -0.0486. The normalized spacial score (nSPS) is 17.5. The average Bonchev–Trinajstić information content (AvgIpc) is 1.54. The van der Waals surface area contributed by atoms with Gasteiger partial charge in [0, 0.05) is 73.0 Å². The fourth-order valence-corrected chi connectivity index (χ4v) is 14.8. The van der Waals surface area contributed by atoms with Crippen molar-refractivity contribution in [2.24, 2.45) is 0 Å². The third-order valence-electron chi connectivity index (χ3n) is 19.5. The molecule has 0 aliphatic carbocycles. The third-order valence-corrected chi connectivity index (χ3v) is 19.5. The van der Waals surface area contributed by atoms with Gasteiger partial charge in [-0.3, -0.25) is 0 Å². The van der Waals surface area contributed by atoms with Gasteiger partial charge >= 0.3 is 47.0 Å². The number of carboxylic acids is 2. The van der Waals surface area contributed by atoms with E-state index in [1.807, 2.05) is 12.1 Å². The maximum atomic E-state index is 15.8. The molecule has 6 N–H and O–H groups in total. The number of aromatic carboxylic acids is 2. The van der Waals surface area contributed by atoms with Crippen LogP contribution in [-0.4, -0.2) is 67.9 Å². The second-order valence-corrected chi connectivity index (χ2v) is 25.6. The molecule has 3 atom stereocenters. The van der Waals surface area contributed by atoms with E-state index < -0.39 is 118 Å². The number of esters is 2. The van der Waals surface area contributed by atoms with Crippen LogP contribution in [0.25, 0.3) is 0 Å².